The van der Waals surface area contributed by atoms with Gasteiger partial charge in [-0.05, 0) is 37.4 Å². The normalized spacial score (nSPS) is 10.7. The van der Waals surface area contributed by atoms with Gasteiger partial charge >= 0.3 is 0 Å². The molecule has 0 saturated carbocycles. The number of thiophene rings is 1. The molecule has 0 aromatic carbocycles. The predicted octanol–water partition coefficient (Wildman–Crippen LogP) is 2.53. The molecule has 2 nitrogen and oxygen atoms in total. The molecule has 0 aliphatic rings. The maximum atomic E-state index is 5.48. The summed E-state index contributed by atoms with van der Waals surface area (Å²) >= 11 is 7.30. The monoisotopic (exact) mass is 247 g/mol. The van der Waals surface area contributed by atoms with Crippen molar-refractivity contribution in [2.45, 2.75) is 12.8 Å². The summed E-state index contributed by atoms with van der Waals surface area (Å²) in [6.45, 7) is 3.54. The molecule has 15 heavy (non-hydrogen) atoms. The first-order valence-electron chi connectivity index (χ1n) is 5.30. The molecule has 0 aliphatic carbocycles. The third kappa shape index (κ3) is 6.90. The van der Waals surface area contributed by atoms with Crippen LogP contribution in [0.5, 0.6) is 0 Å². The van der Waals surface area contributed by atoms with Gasteiger partial charge in [-0.15, -0.1) is 22.9 Å². The fourth-order valence-corrected chi connectivity index (χ4v) is 2.07. The van der Waals surface area contributed by atoms with Crippen molar-refractivity contribution in [2.24, 2.45) is 0 Å². The van der Waals surface area contributed by atoms with E-state index in [1.165, 1.54) is 4.88 Å². The van der Waals surface area contributed by atoms with Crippen LogP contribution in [0.15, 0.2) is 17.5 Å². The van der Waals surface area contributed by atoms with Crippen LogP contribution in [0.4, 0.5) is 0 Å². The molecule has 1 rings (SSSR count). The van der Waals surface area contributed by atoms with Crippen LogP contribution in [0.3, 0.4) is 0 Å². The van der Waals surface area contributed by atoms with Crippen LogP contribution < -0.4 is 5.32 Å². The molecule has 0 bridgehead atoms. The van der Waals surface area contributed by atoms with Gasteiger partial charge in [0.05, 0.1) is 6.61 Å². The fraction of sp³-hybridized carbons (Fsp3) is 0.636. The van der Waals surface area contributed by atoms with E-state index in [0.29, 0.717) is 12.5 Å². The van der Waals surface area contributed by atoms with Crippen molar-refractivity contribution >= 4 is 22.9 Å². The number of rotatable bonds is 9. The van der Waals surface area contributed by atoms with Crippen LogP contribution in [-0.4, -0.2) is 32.2 Å². The summed E-state index contributed by atoms with van der Waals surface area (Å²) in [5.74, 6) is 0.589. The van der Waals surface area contributed by atoms with Crippen LogP contribution in [0.1, 0.15) is 11.3 Å². The number of ether oxygens (including phenoxy) is 1. The zero-order valence-corrected chi connectivity index (χ0v) is 10.4. The molecule has 0 amide bonds. The van der Waals surface area contributed by atoms with Crippen molar-refractivity contribution in [3.63, 3.8) is 0 Å². The van der Waals surface area contributed by atoms with Crippen molar-refractivity contribution in [3.8, 4) is 0 Å². The first-order valence-corrected chi connectivity index (χ1v) is 6.71. The summed E-state index contributed by atoms with van der Waals surface area (Å²) in [5.41, 5.74) is 0. The lowest BCUT2D eigenvalue weighted by Gasteiger charge is -2.04. The van der Waals surface area contributed by atoms with Gasteiger partial charge < -0.3 is 10.1 Å². The second kappa shape index (κ2) is 9.16. The Labute approximate surface area is 101 Å². The molecule has 86 valence electrons. The number of hydrogen-bond acceptors (Lipinski definition) is 3. The van der Waals surface area contributed by atoms with Gasteiger partial charge in [-0.1, -0.05) is 6.07 Å². The second-order valence-electron chi connectivity index (χ2n) is 3.23. The average molecular weight is 248 g/mol. The van der Waals surface area contributed by atoms with E-state index >= 15 is 0 Å². The first kappa shape index (κ1) is 13.0. The minimum atomic E-state index is 0.589. The summed E-state index contributed by atoms with van der Waals surface area (Å²) in [4.78, 5) is 1.45. The number of alkyl halides is 1. The second-order valence-corrected chi connectivity index (χ2v) is 4.64. The van der Waals surface area contributed by atoms with Crippen molar-refractivity contribution in [1.82, 2.24) is 5.32 Å². The van der Waals surface area contributed by atoms with Crippen LogP contribution in [-0.2, 0) is 11.2 Å². The largest absolute Gasteiger partial charge is 0.380 e. The van der Waals surface area contributed by atoms with Gasteiger partial charge in [0.25, 0.3) is 0 Å². The minimum absolute atomic E-state index is 0.589. The zero-order chi connectivity index (χ0) is 10.8. The topological polar surface area (TPSA) is 21.3 Å². The lowest BCUT2D eigenvalue weighted by Crippen LogP contribution is -2.19. The van der Waals surface area contributed by atoms with Crippen LogP contribution >= 0.6 is 22.9 Å². The van der Waals surface area contributed by atoms with Crippen LogP contribution in [0, 0.1) is 0 Å². The zero-order valence-electron chi connectivity index (χ0n) is 8.88. The molecular formula is C11H18ClNOS. The Balaban J connectivity index is 1.81. The van der Waals surface area contributed by atoms with Crippen molar-refractivity contribution in [1.29, 1.82) is 0 Å². The molecule has 0 unspecified atom stereocenters. The summed E-state index contributed by atoms with van der Waals surface area (Å²) in [5, 5.41) is 5.51. The molecule has 1 aromatic rings. The summed E-state index contributed by atoms with van der Waals surface area (Å²) < 4.78 is 5.27. The summed E-state index contributed by atoms with van der Waals surface area (Å²) in [6, 6.07) is 4.27. The molecule has 0 spiro atoms. The molecule has 0 aliphatic heterocycles. The summed E-state index contributed by atoms with van der Waals surface area (Å²) in [7, 11) is 0. The van der Waals surface area contributed by atoms with E-state index in [0.717, 1.165) is 32.5 Å². The molecule has 1 aromatic heterocycles. The highest BCUT2D eigenvalue weighted by Crippen LogP contribution is 2.07. The Kier molecular flexibility index (Phi) is 7.92. The smallest absolute Gasteiger partial charge is 0.0601 e. The van der Waals surface area contributed by atoms with Gasteiger partial charge in [0, 0.05) is 17.4 Å². The van der Waals surface area contributed by atoms with Crippen molar-refractivity contribution in [2.75, 3.05) is 32.2 Å². The minimum Gasteiger partial charge on any atom is -0.380 e. The highest BCUT2D eigenvalue weighted by atomic mass is 35.5. The average Bonchev–Trinajstić information content (AvgIpc) is 2.75. The number of hydrogen-bond donors (Lipinski definition) is 1. The molecular weight excluding hydrogens is 230 g/mol. The van der Waals surface area contributed by atoms with E-state index in [1.54, 1.807) is 0 Å². The summed E-state index contributed by atoms with van der Waals surface area (Å²) in [6.07, 6.45) is 2.18. The quantitative estimate of drug-likeness (QED) is 0.535. The van der Waals surface area contributed by atoms with Crippen molar-refractivity contribution < 1.29 is 4.74 Å². The van der Waals surface area contributed by atoms with E-state index in [-0.39, 0.29) is 0 Å². The SMILES string of the molecule is ClCCOCCCNCCc1cccs1. The van der Waals surface area contributed by atoms with E-state index in [1.807, 2.05) is 11.3 Å². The number of nitrogens with one attached hydrogen (secondary N) is 1. The molecule has 0 atom stereocenters. The highest BCUT2D eigenvalue weighted by molar-refractivity contribution is 7.09. The molecule has 0 saturated heterocycles. The van der Waals surface area contributed by atoms with Gasteiger partial charge in [0.2, 0.25) is 0 Å². The van der Waals surface area contributed by atoms with Gasteiger partial charge in [0.15, 0.2) is 0 Å². The maximum absolute atomic E-state index is 5.48. The fourth-order valence-electron chi connectivity index (χ4n) is 1.25. The van der Waals surface area contributed by atoms with Crippen molar-refractivity contribution in [3.05, 3.63) is 22.4 Å². The standard InChI is InChI=1S/C11H18ClNOS/c12-5-9-14-8-2-6-13-7-4-11-3-1-10-15-11/h1,3,10,13H,2,4-9H2. The Morgan fingerprint density at radius 1 is 1.33 bits per heavy atom. The first-order chi connectivity index (χ1) is 7.43. The Morgan fingerprint density at radius 2 is 2.27 bits per heavy atom. The van der Waals surface area contributed by atoms with Crippen LogP contribution in [0.25, 0.3) is 0 Å². The van der Waals surface area contributed by atoms with E-state index < -0.39 is 0 Å². The number of halogens is 1. The Hall–Kier alpha value is -0.0900. The lowest BCUT2D eigenvalue weighted by atomic mass is 10.3. The van der Waals surface area contributed by atoms with E-state index in [2.05, 4.69) is 22.8 Å². The van der Waals surface area contributed by atoms with Gasteiger partial charge in [-0.25, -0.2) is 0 Å². The van der Waals surface area contributed by atoms with Gasteiger partial charge in [0.1, 0.15) is 0 Å². The van der Waals surface area contributed by atoms with Gasteiger partial charge in [-0.3, -0.25) is 0 Å². The highest BCUT2D eigenvalue weighted by Gasteiger charge is 1.93. The van der Waals surface area contributed by atoms with Gasteiger partial charge in [-0.2, -0.15) is 0 Å². The third-order valence-corrected chi connectivity index (χ3v) is 3.08. The molecule has 4 heteroatoms. The molecule has 1 heterocycles. The Morgan fingerprint density at radius 3 is 3.00 bits per heavy atom. The maximum Gasteiger partial charge on any atom is 0.0601 e. The van der Waals surface area contributed by atoms with E-state index in [4.69, 9.17) is 16.3 Å². The molecule has 0 fully saturated rings. The van der Waals surface area contributed by atoms with Crippen LogP contribution in [0.2, 0.25) is 0 Å². The molecule has 1 N–H and O–H groups in total. The third-order valence-electron chi connectivity index (χ3n) is 1.99. The molecule has 0 radical (unpaired) electrons. The van der Waals surface area contributed by atoms with E-state index in [9.17, 15) is 0 Å². The predicted molar refractivity (Wildman–Crippen MR) is 67.0 cm³/mol. The lowest BCUT2D eigenvalue weighted by molar-refractivity contribution is 0.146. The Bertz CT molecular complexity index is 229.